The van der Waals surface area contributed by atoms with Gasteiger partial charge in [-0.3, -0.25) is 59.5 Å². The van der Waals surface area contributed by atoms with Gasteiger partial charge >= 0.3 is 85.6 Å². The van der Waals surface area contributed by atoms with E-state index >= 15 is 0 Å². The number of alkyl halides is 6. The molecular formula is C94H102Er2F6N16O12S2. The number of rotatable bonds is 31. The molecule has 0 fully saturated rings. The van der Waals surface area contributed by atoms with Crippen molar-refractivity contribution in [2.75, 3.05) is 53.6 Å². The molecule has 2 radical (unpaired) electrons. The van der Waals surface area contributed by atoms with Crippen molar-refractivity contribution in [3.63, 3.8) is 0 Å². The molecule has 8 aromatic heterocycles. The van der Waals surface area contributed by atoms with Gasteiger partial charge in [0.1, 0.15) is 0 Å². The maximum absolute atomic E-state index is 11.9. The molecular weight excluding hydrogens is 2060 g/mol. The van der Waals surface area contributed by atoms with Gasteiger partial charge in [-0.15, -0.1) is 0 Å². The Hall–Kier alpha value is -10.4. The predicted molar refractivity (Wildman–Crippen MR) is 476 cm³/mol. The van der Waals surface area contributed by atoms with E-state index in [1.165, 1.54) is 24.6 Å². The zero-order chi connectivity index (χ0) is 94.9. The average molecular weight is 2160 g/mol. The van der Waals surface area contributed by atoms with Crippen LogP contribution in [0.4, 0.5) is 26.3 Å². The summed E-state index contributed by atoms with van der Waals surface area (Å²) in [4.78, 5) is 45.8. The fourth-order valence-corrected chi connectivity index (χ4v) is 11.2. The first kappa shape index (κ1) is 114. The average Bonchev–Trinajstić information content (AvgIpc) is 0.848. The normalized spacial score (nSPS) is 11.8. The third-order valence-electron chi connectivity index (χ3n) is 17.9. The maximum Gasteiger partial charge on any atom is 3.00 e. The molecule has 0 bridgehead atoms. The van der Waals surface area contributed by atoms with E-state index in [9.17, 15) is 46.8 Å². The monoisotopic (exact) mass is 2160 g/mol. The van der Waals surface area contributed by atoms with Crippen LogP contribution in [0.2, 0.25) is 0 Å². The zero-order valence-electron chi connectivity index (χ0n) is 73.5. The standard InChI is InChI=1S/2C26H28N6.2C18H20N2O2.C4H10O2.2CHF3O3S.2Er/c2*1-5-13-27-23(9-1)19-31(20-24-10-2-6-14-28-24)17-18-32(21-25-11-3-7-15-29-25)22-26-12-4-8-16-30-26;2*1-18(2,3)15-10-8-13(9-11-15)17(22)20-19-12-14-6-4-5-7-16(14)21;1-5-3-4-6-2;2*2-1(3,4)8(5,6)7;;/h2*1-16H,17-22H2;2*4-12,21H,1-3H3,(H,20,22);3-4H2,1-2H3;2*(H,5,6,7);;/q;;;;;;;2*+3/p-6/b;;2*19-12+;;;;;. The molecule has 0 aliphatic rings. The molecule has 0 N–H and O–H groups in total. The summed E-state index contributed by atoms with van der Waals surface area (Å²) in [7, 11) is -8.88. The number of para-hydroxylation sites is 2. The van der Waals surface area contributed by atoms with Gasteiger partial charge in [-0.2, -0.15) is 46.7 Å². The first-order valence-corrected chi connectivity index (χ1v) is 43.1. The van der Waals surface area contributed by atoms with Crippen molar-refractivity contribution < 1.29 is 157 Å². The van der Waals surface area contributed by atoms with Crippen LogP contribution in [0.5, 0.6) is 11.5 Å². The van der Waals surface area contributed by atoms with Crippen LogP contribution in [0.15, 0.2) is 313 Å². The summed E-state index contributed by atoms with van der Waals surface area (Å²) >= 11 is 0. The maximum atomic E-state index is 11.9. The molecule has 0 aliphatic heterocycles. The second-order valence-electron chi connectivity index (χ2n) is 30.2. The number of methoxy groups -OCH3 is 2. The first-order valence-electron chi connectivity index (χ1n) is 40.3. The Bertz CT molecular complexity index is 4880. The summed E-state index contributed by atoms with van der Waals surface area (Å²) in [5.74, 6) is -1.16. The van der Waals surface area contributed by atoms with Gasteiger partial charge in [0.05, 0.1) is 71.2 Å². The topological polar surface area (TPSA) is 391 Å². The minimum atomic E-state index is -6.09. The number of halogens is 6. The Kier molecular flexibility index (Phi) is 51.8. The van der Waals surface area contributed by atoms with Crippen LogP contribution in [0.1, 0.15) is 120 Å². The van der Waals surface area contributed by atoms with Crippen molar-refractivity contribution in [1.29, 1.82) is 0 Å². The van der Waals surface area contributed by atoms with E-state index in [1.807, 2.05) is 171 Å². The number of nitrogens with zero attached hydrogens (tertiary/aromatic N) is 16. The third kappa shape index (κ3) is 46.3. The van der Waals surface area contributed by atoms with Crippen LogP contribution >= 0.6 is 0 Å². The number of ether oxygens (including phenoxy) is 2. The van der Waals surface area contributed by atoms with Gasteiger partial charge in [-0.05, 0) is 141 Å². The van der Waals surface area contributed by atoms with E-state index in [-0.39, 0.29) is 96.9 Å². The van der Waals surface area contributed by atoms with E-state index in [0.29, 0.717) is 35.5 Å². The largest absolute Gasteiger partial charge is 3.00 e. The number of aromatic nitrogens is 8. The van der Waals surface area contributed by atoms with E-state index in [4.69, 9.17) is 25.9 Å². The molecule has 12 aromatic rings. The number of pyridine rings is 8. The predicted octanol–water partition coefficient (Wildman–Crippen LogP) is 12.7. The van der Waals surface area contributed by atoms with Gasteiger partial charge in [-0.25, -0.2) is 16.8 Å². The Balaban J connectivity index is 0.000000343. The molecule has 0 spiro atoms. The number of hydrogen-bond acceptors (Lipinski definition) is 28. The zero-order valence-corrected chi connectivity index (χ0v) is 78.8. The Labute approximate surface area is 825 Å². The van der Waals surface area contributed by atoms with Crippen molar-refractivity contribution in [3.05, 3.63) is 371 Å². The minimum Gasteiger partial charge on any atom is -0.872 e. The molecule has 132 heavy (non-hydrogen) atoms. The van der Waals surface area contributed by atoms with Crippen LogP contribution in [-0.4, -0.2) is 174 Å². The molecule has 0 saturated carbocycles. The summed E-state index contributed by atoms with van der Waals surface area (Å²) in [6.45, 7) is 23.8. The van der Waals surface area contributed by atoms with Gasteiger partial charge in [0.2, 0.25) is 0 Å². The van der Waals surface area contributed by atoms with Crippen LogP contribution < -0.4 is 20.4 Å². The van der Waals surface area contributed by atoms with E-state index < -0.39 is 43.0 Å². The molecule has 0 aliphatic carbocycles. The second-order valence-corrected chi connectivity index (χ2v) is 33.0. The van der Waals surface area contributed by atoms with Crippen LogP contribution in [0, 0.1) is 74.6 Å². The summed E-state index contributed by atoms with van der Waals surface area (Å²) in [5.41, 5.74) is 1.31. The van der Waals surface area contributed by atoms with Crippen molar-refractivity contribution in [2.45, 2.75) is 116 Å². The molecule has 12 rings (SSSR count). The fourth-order valence-electron chi connectivity index (χ4n) is 11.2. The second kappa shape index (κ2) is 60.0. The molecule has 0 atom stereocenters. The van der Waals surface area contributed by atoms with E-state index in [0.717, 1.165) is 135 Å². The van der Waals surface area contributed by atoms with Crippen molar-refractivity contribution in [3.8, 4) is 11.5 Å². The van der Waals surface area contributed by atoms with Gasteiger partial charge < -0.3 is 39.0 Å². The van der Waals surface area contributed by atoms with Gasteiger partial charge in [0.25, 0.3) is 0 Å². The van der Waals surface area contributed by atoms with E-state index in [2.05, 4.69) is 179 Å². The molecule has 4 aromatic carbocycles. The third-order valence-corrected chi connectivity index (χ3v) is 19.1. The molecule has 0 unspecified atom stereocenters. The van der Waals surface area contributed by atoms with E-state index in [1.54, 1.807) is 74.9 Å². The number of benzene rings is 4. The molecule has 8 heterocycles. The summed E-state index contributed by atoms with van der Waals surface area (Å²) in [6.07, 6.45) is 17.4. The van der Waals surface area contributed by atoms with Crippen molar-refractivity contribution >= 4 is 44.5 Å². The quantitative estimate of drug-likeness (QED) is 0.00740. The fraction of sp³-hybridized carbons (Fsp3) is 0.277. The molecule has 38 heteroatoms. The molecule has 708 valence electrons. The first-order chi connectivity index (χ1) is 61.9. The van der Waals surface area contributed by atoms with Gasteiger partial charge in [-0.1, -0.05) is 199 Å². The minimum absolute atomic E-state index is 0. The molecule has 28 nitrogen and oxygen atoms in total. The summed E-state index contributed by atoms with van der Waals surface area (Å²) in [5, 5.41) is 61.4. The van der Waals surface area contributed by atoms with Crippen LogP contribution in [-0.2, 0) is 92.9 Å². The van der Waals surface area contributed by atoms with Gasteiger partial charge in [0.15, 0.2) is 20.2 Å². The Morgan fingerprint density at radius 1 is 0.333 bits per heavy atom. The molecule has 0 saturated heterocycles. The van der Waals surface area contributed by atoms with Crippen molar-refractivity contribution in [2.24, 2.45) is 20.4 Å². The Morgan fingerprint density at radius 2 is 0.523 bits per heavy atom. The smallest absolute Gasteiger partial charge is 0.872 e. The SMILES string of the molecule is CC(C)(C)c1ccc(/C([O-])=N/N=C/c2ccccc2[O-])cc1.CC(C)(C)c1ccc(/C([O-])=N/N=C/c2ccccc2[O-])cc1.COCCOC.O=S(=O)([O-])C(F)(F)F.O=S(=O)([O-])C(F)(F)F.[Er+3].[Er+3].c1ccc(CN(CCN(Cc2ccccn2)Cc2ccccn2)Cc2ccccn2)nc1.c1ccc(CN(CCN(Cc2ccccn2)Cc2ccccn2)Cc2ccccn2)nc1. The van der Waals surface area contributed by atoms with Crippen LogP contribution in [0.3, 0.4) is 0 Å². The van der Waals surface area contributed by atoms with Crippen molar-refractivity contribution in [1.82, 2.24) is 59.5 Å². The number of hydrogen-bond donors (Lipinski definition) is 0. The van der Waals surface area contributed by atoms with Crippen LogP contribution in [0.25, 0.3) is 0 Å². The molecule has 0 amide bonds. The summed E-state index contributed by atoms with van der Waals surface area (Å²) < 4.78 is 127. The summed E-state index contributed by atoms with van der Waals surface area (Å²) in [6, 6.07) is 76.0. The van der Waals surface area contributed by atoms with Gasteiger partial charge in [0, 0.05) is 154 Å². The Morgan fingerprint density at radius 3 is 0.682 bits per heavy atom.